The molecular formula is C11H18N4O2. The molecule has 1 unspecified atom stereocenters. The maximum absolute atomic E-state index is 12.1. The first-order valence-electron chi connectivity index (χ1n) is 5.73. The lowest BCUT2D eigenvalue weighted by Crippen LogP contribution is -2.39. The minimum Gasteiger partial charge on any atom is -0.365 e. The zero-order chi connectivity index (χ0) is 12.5. The van der Waals surface area contributed by atoms with E-state index in [1.54, 1.807) is 24.9 Å². The first-order valence-corrected chi connectivity index (χ1v) is 5.73. The van der Waals surface area contributed by atoms with Crippen molar-refractivity contribution in [3.05, 3.63) is 11.8 Å². The Bertz CT molecular complexity index is 421. The van der Waals surface area contributed by atoms with E-state index in [2.05, 4.69) is 10.4 Å². The third-order valence-electron chi connectivity index (χ3n) is 3.06. The van der Waals surface area contributed by atoms with Gasteiger partial charge in [0.1, 0.15) is 5.60 Å². The van der Waals surface area contributed by atoms with Crippen LogP contribution in [0.4, 0.5) is 5.82 Å². The van der Waals surface area contributed by atoms with Crippen molar-refractivity contribution in [2.75, 3.05) is 11.9 Å². The van der Waals surface area contributed by atoms with Crippen LogP contribution >= 0.6 is 0 Å². The maximum atomic E-state index is 12.1. The number of nitrogens with two attached hydrogens (primary N) is 1. The van der Waals surface area contributed by atoms with E-state index in [0.717, 1.165) is 18.4 Å². The minimum absolute atomic E-state index is 0.150. The van der Waals surface area contributed by atoms with Crippen LogP contribution in [0.1, 0.15) is 25.3 Å². The van der Waals surface area contributed by atoms with E-state index in [9.17, 15) is 4.79 Å². The molecule has 0 aromatic carbocycles. The molecule has 1 aliphatic rings. The van der Waals surface area contributed by atoms with Crippen LogP contribution in [0.5, 0.6) is 0 Å². The van der Waals surface area contributed by atoms with Crippen LogP contribution in [-0.2, 0) is 23.1 Å². The normalized spacial score (nSPS) is 23.9. The summed E-state index contributed by atoms with van der Waals surface area (Å²) in [6.45, 7) is 2.79. The molecule has 1 aromatic rings. The van der Waals surface area contributed by atoms with Gasteiger partial charge in [0.15, 0.2) is 5.82 Å². The highest BCUT2D eigenvalue weighted by Crippen LogP contribution is 2.26. The Morgan fingerprint density at radius 2 is 2.53 bits per heavy atom. The lowest BCUT2D eigenvalue weighted by Gasteiger charge is -2.21. The number of amides is 1. The van der Waals surface area contributed by atoms with Crippen molar-refractivity contribution in [2.24, 2.45) is 12.8 Å². The summed E-state index contributed by atoms with van der Waals surface area (Å²) in [6, 6.07) is 0. The Kier molecular flexibility index (Phi) is 3.17. The number of aryl methyl sites for hydroxylation is 1. The van der Waals surface area contributed by atoms with Crippen LogP contribution in [0.3, 0.4) is 0 Å². The Balaban J connectivity index is 2.12. The number of hydrogen-bond donors (Lipinski definition) is 2. The van der Waals surface area contributed by atoms with Crippen molar-refractivity contribution in [3.63, 3.8) is 0 Å². The van der Waals surface area contributed by atoms with Gasteiger partial charge in [-0.2, -0.15) is 5.10 Å². The molecule has 94 valence electrons. The number of carbonyl (C=O) groups is 1. The molecule has 0 radical (unpaired) electrons. The van der Waals surface area contributed by atoms with Crippen LogP contribution in [0.15, 0.2) is 6.20 Å². The molecule has 1 saturated heterocycles. The molecule has 2 rings (SSSR count). The molecule has 0 bridgehead atoms. The summed E-state index contributed by atoms with van der Waals surface area (Å²) in [4.78, 5) is 12.1. The number of aromatic nitrogens is 2. The highest BCUT2D eigenvalue weighted by atomic mass is 16.5. The molecule has 17 heavy (non-hydrogen) atoms. The third kappa shape index (κ3) is 2.32. The van der Waals surface area contributed by atoms with Gasteiger partial charge < -0.3 is 15.8 Å². The van der Waals surface area contributed by atoms with Gasteiger partial charge in [-0.05, 0) is 19.8 Å². The summed E-state index contributed by atoms with van der Waals surface area (Å²) in [6.07, 6.45) is 3.45. The molecule has 6 nitrogen and oxygen atoms in total. The van der Waals surface area contributed by atoms with Crippen molar-refractivity contribution >= 4 is 11.7 Å². The van der Waals surface area contributed by atoms with Crippen molar-refractivity contribution in [3.8, 4) is 0 Å². The van der Waals surface area contributed by atoms with E-state index < -0.39 is 5.60 Å². The van der Waals surface area contributed by atoms with E-state index in [1.165, 1.54) is 0 Å². The average Bonchev–Trinajstić information content (AvgIpc) is 2.86. The number of anilines is 1. The van der Waals surface area contributed by atoms with Crippen molar-refractivity contribution < 1.29 is 9.53 Å². The van der Waals surface area contributed by atoms with Gasteiger partial charge in [0.25, 0.3) is 5.91 Å². The number of ether oxygens (including phenoxy) is 1. The minimum atomic E-state index is -0.733. The van der Waals surface area contributed by atoms with Crippen LogP contribution in [0.2, 0.25) is 0 Å². The lowest BCUT2D eigenvalue weighted by molar-refractivity contribution is -0.133. The second-order valence-corrected chi connectivity index (χ2v) is 4.52. The fourth-order valence-corrected chi connectivity index (χ4v) is 1.99. The Hall–Kier alpha value is -1.40. The molecule has 1 aromatic heterocycles. The van der Waals surface area contributed by atoms with Crippen molar-refractivity contribution in [1.82, 2.24) is 9.78 Å². The quantitative estimate of drug-likeness (QED) is 0.798. The van der Waals surface area contributed by atoms with Crippen LogP contribution < -0.4 is 11.1 Å². The number of nitrogens with one attached hydrogen (secondary N) is 1. The third-order valence-corrected chi connectivity index (χ3v) is 3.06. The molecule has 0 aliphatic carbocycles. The first-order chi connectivity index (χ1) is 8.05. The highest BCUT2D eigenvalue weighted by Gasteiger charge is 2.38. The molecule has 6 heteroatoms. The van der Waals surface area contributed by atoms with Crippen LogP contribution in [-0.4, -0.2) is 27.9 Å². The number of carbonyl (C=O) groups excluding carboxylic acids is 1. The van der Waals surface area contributed by atoms with Gasteiger partial charge >= 0.3 is 0 Å². The van der Waals surface area contributed by atoms with Gasteiger partial charge in [0, 0.05) is 32.0 Å². The molecule has 1 amide bonds. The summed E-state index contributed by atoms with van der Waals surface area (Å²) in [5, 5.41) is 6.96. The number of nitrogens with zero attached hydrogens (tertiary/aromatic N) is 2. The molecule has 0 spiro atoms. The summed E-state index contributed by atoms with van der Waals surface area (Å²) >= 11 is 0. The largest absolute Gasteiger partial charge is 0.365 e. The predicted molar refractivity (Wildman–Crippen MR) is 63.3 cm³/mol. The van der Waals surface area contributed by atoms with Gasteiger partial charge in [-0.3, -0.25) is 9.48 Å². The number of hydrogen-bond acceptors (Lipinski definition) is 4. The summed E-state index contributed by atoms with van der Waals surface area (Å²) in [5.74, 6) is 0.375. The molecular weight excluding hydrogens is 220 g/mol. The van der Waals surface area contributed by atoms with Crippen LogP contribution in [0.25, 0.3) is 0 Å². The van der Waals surface area contributed by atoms with E-state index in [1.807, 2.05) is 0 Å². The predicted octanol–water partition coefficient (Wildman–Crippen LogP) is 0.386. The smallest absolute Gasteiger partial charge is 0.257 e. The maximum Gasteiger partial charge on any atom is 0.257 e. The van der Waals surface area contributed by atoms with Gasteiger partial charge in [-0.25, -0.2) is 0 Å². The first kappa shape index (κ1) is 12.1. The fourth-order valence-electron chi connectivity index (χ4n) is 1.99. The standard InChI is InChI=1S/C11H18N4O2/c1-11(4-3-5-17-11)10(16)13-9-8(6-12)7-15(2)14-9/h7H,3-6,12H2,1-2H3,(H,13,14,16). The van der Waals surface area contributed by atoms with Gasteiger partial charge in [0.2, 0.25) is 0 Å². The Labute approximate surface area is 100 Å². The van der Waals surface area contributed by atoms with Crippen molar-refractivity contribution in [1.29, 1.82) is 0 Å². The highest BCUT2D eigenvalue weighted by molar-refractivity contribution is 5.97. The monoisotopic (exact) mass is 238 g/mol. The topological polar surface area (TPSA) is 82.2 Å². The lowest BCUT2D eigenvalue weighted by atomic mass is 10.0. The second kappa shape index (κ2) is 4.46. The molecule has 1 aliphatic heterocycles. The molecule has 1 atom stereocenters. The molecule has 0 saturated carbocycles. The zero-order valence-electron chi connectivity index (χ0n) is 10.2. The van der Waals surface area contributed by atoms with E-state index >= 15 is 0 Å². The number of rotatable bonds is 3. The van der Waals surface area contributed by atoms with Gasteiger partial charge in [-0.1, -0.05) is 0 Å². The van der Waals surface area contributed by atoms with Crippen molar-refractivity contribution in [2.45, 2.75) is 31.9 Å². The van der Waals surface area contributed by atoms with Gasteiger partial charge in [-0.15, -0.1) is 0 Å². The fraction of sp³-hybridized carbons (Fsp3) is 0.636. The molecule has 3 N–H and O–H groups in total. The SMILES string of the molecule is Cn1cc(CN)c(NC(=O)C2(C)CCCO2)n1. The van der Waals surface area contributed by atoms with E-state index in [0.29, 0.717) is 19.0 Å². The van der Waals surface area contributed by atoms with E-state index in [4.69, 9.17) is 10.5 Å². The molecule has 2 heterocycles. The zero-order valence-corrected chi connectivity index (χ0v) is 10.2. The average molecular weight is 238 g/mol. The summed E-state index contributed by atoms with van der Waals surface area (Å²) in [5.41, 5.74) is 5.68. The molecule has 1 fully saturated rings. The Morgan fingerprint density at radius 3 is 3.12 bits per heavy atom. The summed E-state index contributed by atoms with van der Waals surface area (Å²) < 4.78 is 7.11. The summed E-state index contributed by atoms with van der Waals surface area (Å²) in [7, 11) is 1.79. The second-order valence-electron chi connectivity index (χ2n) is 4.52. The Morgan fingerprint density at radius 1 is 1.76 bits per heavy atom. The van der Waals surface area contributed by atoms with Crippen LogP contribution in [0, 0.1) is 0 Å². The van der Waals surface area contributed by atoms with Gasteiger partial charge in [0.05, 0.1) is 0 Å². The van der Waals surface area contributed by atoms with E-state index in [-0.39, 0.29) is 5.91 Å².